The lowest BCUT2D eigenvalue weighted by Crippen LogP contribution is -2.33. The number of amides is 2. The summed E-state index contributed by atoms with van der Waals surface area (Å²) >= 11 is 1.29. The van der Waals surface area contributed by atoms with E-state index in [1.165, 1.54) is 22.5 Å². The molecule has 2 amide bonds. The molecule has 5 nitrogen and oxygen atoms in total. The molecule has 1 aromatic heterocycles. The average Bonchev–Trinajstić information content (AvgIpc) is 3.09. The molecule has 0 aliphatic carbocycles. The van der Waals surface area contributed by atoms with Crippen molar-refractivity contribution in [1.29, 1.82) is 0 Å². The van der Waals surface area contributed by atoms with E-state index in [-0.39, 0.29) is 18.5 Å². The predicted octanol–water partition coefficient (Wildman–Crippen LogP) is 4.29. The van der Waals surface area contributed by atoms with Crippen LogP contribution in [0.5, 0.6) is 0 Å². The Labute approximate surface area is 165 Å². The summed E-state index contributed by atoms with van der Waals surface area (Å²) in [5, 5.41) is 8.33. The van der Waals surface area contributed by atoms with Crippen LogP contribution >= 0.6 is 11.3 Å². The highest BCUT2D eigenvalue weighted by atomic mass is 32.1. The number of nitrogens with one attached hydrogen (secondary N) is 2. The molecule has 0 unspecified atom stereocenters. The van der Waals surface area contributed by atoms with Crippen LogP contribution in [-0.4, -0.2) is 18.4 Å². The zero-order chi connectivity index (χ0) is 20.0. The Morgan fingerprint density at radius 2 is 1.70 bits per heavy atom. The van der Waals surface area contributed by atoms with E-state index in [1.54, 1.807) is 11.4 Å². The first-order valence-corrected chi connectivity index (χ1v) is 10.2. The molecule has 1 aromatic carbocycles. The van der Waals surface area contributed by atoms with Gasteiger partial charge in [0.25, 0.3) is 5.91 Å². The van der Waals surface area contributed by atoms with Gasteiger partial charge in [-0.25, -0.2) is 0 Å². The number of nitrogens with two attached hydrogens (primary N) is 1. The minimum Gasteiger partial charge on any atom is -0.366 e. The van der Waals surface area contributed by atoms with Gasteiger partial charge in [0.2, 0.25) is 5.91 Å². The molecule has 0 saturated heterocycles. The van der Waals surface area contributed by atoms with Crippen LogP contribution in [0.1, 0.15) is 67.6 Å². The smallest absolute Gasteiger partial charge is 0.251 e. The molecule has 2 aromatic rings. The Morgan fingerprint density at radius 3 is 2.26 bits per heavy atom. The Bertz CT molecular complexity index is 768. The number of anilines is 1. The van der Waals surface area contributed by atoms with Crippen molar-refractivity contribution in [3.8, 4) is 0 Å². The molecule has 0 spiro atoms. The lowest BCUT2D eigenvalue weighted by Gasteiger charge is -2.23. The third-order valence-corrected chi connectivity index (χ3v) is 5.64. The van der Waals surface area contributed by atoms with E-state index in [0.29, 0.717) is 22.4 Å². The van der Waals surface area contributed by atoms with Crippen LogP contribution in [-0.2, 0) is 4.79 Å². The van der Waals surface area contributed by atoms with Crippen molar-refractivity contribution in [2.75, 3.05) is 11.9 Å². The van der Waals surface area contributed by atoms with Crippen LogP contribution in [0.4, 0.5) is 5.00 Å². The average molecular weight is 388 g/mol. The maximum absolute atomic E-state index is 12.3. The Kier molecular flexibility index (Phi) is 7.56. The number of hydrogen-bond donors (Lipinski definition) is 3. The number of rotatable bonds is 9. The fraction of sp³-hybridized carbons (Fsp3) is 0.429. The molecule has 6 heteroatoms. The SMILES string of the molecule is CC[C@@H](C)c1ccc([C@H](NCC(=O)Nc2sccc2C(N)=O)C(C)C)cc1. The number of carbonyl (C=O) groups is 2. The molecule has 0 fully saturated rings. The topological polar surface area (TPSA) is 84.2 Å². The molecule has 146 valence electrons. The molecule has 27 heavy (non-hydrogen) atoms. The minimum atomic E-state index is -0.541. The van der Waals surface area contributed by atoms with E-state index in [2.05, 4.69) is 62.6 Å². The number of hydrogen-bond acceptors (Lipinski definition) is 4. The van der Waals surface area contributed by atoms with Gasteiger partial charge in [-0.2, -0.15) is 0 Å². The largest absolute Gasteiger partial charge is 0.366 e. The van der Waals surface area contributed by atoms with Gasteiger partial charge in [-0.1, -0.05) is 52.0 Å². The summed E-state index contributed by atoms with van der Waals surface area (Å²) in [6, 6.07) is 10.3. The van der Waals surface area contributed by atoms with Gasteiger partial charge in [0.1, 0.15) is 5.00 Å². The van der Waals surface area contributed by atoms with Crippen LogP contribution in [0.2, 0.25) is 0 Å². The van der Waals surface area contributed by atoms with Crippen molar-refractivity contribution >= 4 is 28.2 Å². The summed E-state index contributed by atoms with van der Waals surface area (Å²) < 4.78 is 0. The molecule has 2 rings (SSSR count). The zero-order valence-electron chi connectivity index (χ0n) is 16.4. The maximum atomic E-state index is 12.3. The molecule has 0 radical (unpaired) electrons. The van der Waals surface area contributed by atoms with Crippen molar-refractivity contribution in [3.05, 3.63) is 52.4 Å². The second-order valence-corrected chi connectivity index (χ2v) is 8.07. The summed E-state index contributed by atoms with van der Waals surface area (Å²) in [4.78, 5) is 23.7. The first-order valence-electron chi connectivity index (χ1n) is 9.33. The normalized spacial score (nSPS) is 13.4. The molecule has 0 aliphatic heterocycles. The summed E-state index contributed by atoms with van der Waals surface area (Å²) in [5.41, 5.74) is 8.16. The van der Waals surface area contributed by atoms with E-state index in [0.717, 1.165) is 6.42 Å². The first-order chi connectivity index (χ1) is 12.8. The fourth-order valence-electron chi connectivity index (χ4n) is 2.98. The highest BCUT2D eigenvalue weighted by molar-refractivity contribution is 7.14. The van der Waals surface area contributed by atoms with Gasteiger partial charge in [-0.15, -0.1) is 11.3 Å². The highest BCUT2D eigenvalue weighted by Crippen LogP contribution is 2.26. The van der Waals surface area contributed by atoms with Crippen molar-refractivity contribution in [1.82, 2.24) is 5.32 Å². The third kappa shape index (κ3) is 5.65. The van der Waals surface area contributed by atoms with Crippen LogP contribution in [0, 0.1) is 5.92 Å². The molecular formula is C21H29N3O2S. The first kappa shape index (κ1) is 21.1. The Hall–Kier alpha value is -2.18. The van der Waals surface area contributed by atoms with E-state index in [1.807, 2.05) is 0 Å². The van der Waals surface area contributed by atoms with Gasteiger partial charge in [0, 0.05) is 6.04 Å². The lowest BCUT2D eigenvalue weighted by atomic mass is 9.92. The highest BCUT2D eigenvalue weighted by Gasteiger charge is 2.18. The van der Waals surface area contributed by atoms with Crippen LogP contribution in [0.25, 0.3) is 0 Å². The van der Waals surface area contributed by atoms with E-state index in [9.17, 15) is 9.59 Å². The van der Waals surface area contributed by atoms with Gasteiger partial charge in [-0.05, 0) is 40.8 Å². The number of thiophene rings is 1. The zero-order valence-corrected chi connectivity index (χ0v) is 17.2. The van der Waals surface area contributed by atoms with Crippen molar-refractivity contribution in [2.45, 2.75) is 46.1 Å². The predicted molar refractivity (Wildman–Crippen MR) is 112 cm³/mol. The van der Waals surface area contributed by atoms with Gasteiger partial charge in [0.15, 0.2) is 0 Å². The summed E-state index contributed by atoms with van der Waals surface area (Å²) in [7, 11) is 0. The Morgan fingerprint density at radius 1 is 1.07 bits per heavy atom. The molecule has 0 saturated carbocycles. The van der Waals surface area contributed by atoms with Crippen LogP contribution in [0.3, 0.4) is 0 Å². The van der Waals surface area contributed by atoms with Crippen molar-refractivity contribution in [3.63, 3.8) is 0 Å². The second-order valence-electron chi connectivity index (χ2n) is 7.15. The second kappa shape index (κ2) is 9.67. The fourth-order valence-corrected chi connectivity index (χ4v) is 3.79. The molecule has 0 bridgehead atoms. The summed E-state index contributed by atoms with van der Waals surface area (Å²) in [6.07, 6.45) is 1.11. The number of benzene rings is 1. The quantitative estimate of drug-likeness (QED) is 0.600. The Balaban J connectivity index is 2.00. The molecule has 0 aliphatic rings. The van der Waals surface area contributed by atoms with Crippen LogP contribution < -0.4 is 16.4 Å². The molecule has 4 N–H and O–H groups in total. The summed E-state index contributed by atoms with van der Waals surface area (Å²) in [6.45, 7) is 8.83. The minimum absolute atomic E-state index is 0.0701. The standard InChI is InChI=1S/C21H29N3O2S/c1-5-14(4)15-6-8-16(9-7-15)19(13(2)3)23-12-18(25)24-21-17(20(22)26)10-11-27-21/h6-11,13-14,19,23H,5,12H2,1-4H3,(H2,22,26)(H,24,25)/t14-,19-/m1/s1. The number of carbonyl (C=O) groups excluding carboxylic acids is 2. The monoisotopic (exact) mass is 387 g/mol. The van der Waals surface area contributed by atoms with Crippen molar-refractivity contribution in [2.24, 2.45) is 11.7 Å². The number of primary amides is 1. The van der Waals surface area contributed by atoms with E-state index < -0.39 is 5.91 Å². The maximum Gasteiger partial charge on any atom is 0.251 e. The molecule has 1 heterocycles. The molecular weight excluding hydrogens is 358 g/mol. The van der Waals surface area contributed by atoms with Crippen molar-refractivity contribution < 1.29 is 9.59 Å². The van der Waals surface area contributed by atoms with Gasteiger partial charge >= 0.3 is 0 Å². The van der Waals surface area contributed by atoms with E-state index >= 15 is 0 Å². The molecule has 2 atom stereocenters. The van der Waals surface area contributed by atoms with Gasteiger partial charge in [0.05, 0.1) is 12.1 Å². The third-order valence-electron chi connectivity index (χ3n) is 4.81. The van der Waals surface area contributed by atoms with Gasteiger partial charge < -0.3 is 16.4 Å². The van der Waals surface area contributed by atoms with Gasteiger partial charge in [-0.3, -0.25) is 9.59 Å². The van der Waals surface area contributed by atoms with Crippen LogP contribution in [0.15, 0.2) is 35.7 Å². The van der Waals surface area contributed by atoms with E-state index in [4.69, 9.17) is 5.73 Å². The summed E-state index contributed by atoms with van der Waals surface area (Å²) in [5.74, 6) is 0.137. The lowest BCUT2D eigenvalue weighted by molar-refractivity contribution is -0.115.